The molecule has 1 aliphatic rings. The molecular formula is C19H22N2O4S. The van der Waals surface area contributed by atoms with Crippen molar-refractivity contribution in [3.8, 4) is 0 Å². The first kappa shape index (κ1) is 18.5. The van der Waals surface area contributed by atoms with Crippen LogP contribution in [-0.2, 0) is 16.4 Å². The summed E-state index contributed by atoms with van der Waals surface area (Å²) in [5, 5.41) is 11.0. The molecule has 2 aromatic carbocycles. The van der Waals surface area contributed by atoms with Crippen LogP contribution < -0.4 is 0 Å². The molecule has 0 aliphatic carbocycles. The predicted octanol–water partition coefficient (Wildman–Crippen LogP) is 3.55. The molecule has 1 aliphatic heterocycles. The van der Waals surface area contributed by atoms with Crippen LogP contribution in [0, 0.1) is 23.0 Å². The average molecular weight is 374 g/mol. The van der Waals surface area contributed by atoms with Crippen LogP contribution in [0.4, 0.5) is 5.69 Å². The van der Waals surface area contributed by atoms with E-state index < -0.39 is 14.9 Å². The second-order valence-electron chi connectivity index (χ2n) is 6.74. The summed E-state index contributed by atoms with van der Waals surface area (Å²) in [6.07, 6.45) is 2.54. The van der Waals surface area contributed by atoms with Crippen LogP contribution in [0.2, 0.25) is 0 Å². The monoisotopic (exact) mass is 374 g/mol. The highest BCUT2D eigenvalue weighted by molar-refractivity contribution is 7.89. The molecule has 0 radical (unpaired) electrons. The van der Waals surface area contributed by atoms with Gasteiger partial charge in [-0.2, -0.15) is 4.31 Å². The highest BCUT2D eigenvalue weighted by atomic mass is 32.2. The number of piperidine rings is 1. The highest BCUT2D eigenvalue weighted by Gasteiger charge is 2.31. The van der Waals surface area contributed by atoms with Crippen molar-refractivity contribution < 1.29 is 13.3 Å². The Bertz CT molecular complexity index is 889. The minimum Gasteiger partial charge on any atom is -0.258 e. The van der Waals surface area contributed by atoms with Gasteiger partial charge in [-0.25, -0.2) is 8.42 Å². The van der Waals surface area contributed by atoms with Gasteiger partial charge >= 0.3 is 0 Å². The molecule has 7 heteroatoms. The van der Waals surface area contributed by atoms with Gasteiger partial charge in [0, 0.05) is 25.2 Å². The number of nitrogens with zero attached hydrogens (tertiary/aromatic N) is 2. The molecule has 0 aromatic heterocycles. The Morgan fingerprint density at radius 2 is 1.77 bits per heavy atom. The Balaban J connectivity index is 1.72. The molecule has 2 aromatic rings. The summed E-state index contributed by atoms with van der Waals surface area (Å²) < 4.78 is 27.4. The zero-order valence-corrected chi connectivity index (χ0v) is 15.5. The Kier molecular flexibility index (Phi) is 5.38. The van der Waals surface area contributed by atoms with Crippen molar-refractivity contribution in [2.24, 2.45) is 5.92 Å². The Morgan fingerprint density at radius 3 is 2.38 bits per heavy atom. The lowest BCUT2D eigenvalue weighted by atomic mass is 9.91. The van der Waals surface area contributed by atoms with E-state index in [-0.39, 0.29) is 10.6 Å². The van der Waals surface area contributed by atoms with Gasteiger partial charge in [-0.05, 0) is 43.2 Å². The lowest BCUT2D eigenvalue weighted by molar-refractivity contribution is -0.385. The predicted molar refractivity (Wildman–Crippen MR) is 99.5 cm³/mol. The van der Waals surface area contributed by atoms with Gasteiger partial charge in [0.15, 0.2) is 0 Å². The number of hydrogen-bond donors (Lipinski definition) is 0. The maximum atomic E-state index is 13.0. The molecule has 0 amide bonds. The number of non-ortho nitro benzene ring substituents is 1. The topological polar surface area (TPSA) is 80.5 Å². The molecule has 1 saturated heterocycles. The number of nitro benzene ring substituents is 1. The van der Waals surface area contributed by atoms with Gasteiger partial charge < -0.3 is 0 Å². The summed E-state index contributed by atoms with van der Waals surface area (Å²) >= 11 is 0. The number of hydrogen-bond acceptors (Lipinski definition) is 4. The van der Waals surface area contributed by atoms with Crippen LogP contribution in [0.1, 0.15) is 24.0 Å². The van der Waals surface area contributed by atoms with Crippen LogP contribution >= 0.6 is 0 Å². The standard InChI is InChI=1S/C19H22N2O4S/c1-15-7-8-18(21(22)23)14-19(15)26(24,25)20-11-9-17(10-12-20)13-16-5-3-2-4-6-16/h2-8,14,17H,9-13H2,1H3. The van der Waals surface area contributed by atoms with Crippen molar-refractivity contribution in [3.05, 3.63) is 69.8 Å². The Hall–Kier alpha value is -2.25. The molecule has 0 N–H and O–H groups in total. The summed E-state index contributed by atoms with van der Waals surface area (Å²) in [4.78, 5) is 10.5. The van der Waals surface area contributed by atoms with E-state index >= 15 is 0 Å². The fraction of sp³-hybridized carbons (Fsp3) is 0.368. The van der Waals surface area contributed by atoms with Crippen LogP contribution in [0.15, 0.2) is 53.4 Å². The number of rotatable bonds is 5. The first-order chi connectivity index (χ1) is 12.4. The maximum absolute atomic E-state index is 13.0. The Labute approximate surface area is 153 Å². The van der Waals surface area contributed by atoms with Crippen LogP contribution in [0.3, 0.4) is 0 Å². The van der Waals surface area contributed by atoms with E-state index in [2.05, 4.69) is 12.1 Å². The lowest BCUT2D eigenvalue weighted by Crippen LogP contribution is -2.39. The van der Waals surface area contributed by atoms with Crippen molar-refractivity contribution in [2.75, 3.05) is 13.1 Å². The average Bonchev–Trinajstić information content (AvgIpc) is 2.63. The minimum absolute atomic E-state index is 0.0354. The van der Waals surface area contributed by atoms with Crippen molar-refractivity contribution in [2.45, 2.75) is 31.1 Å². The van der Waals surface area contributed by atoms with E-state index in [1.807, 2.05) is 18.2 Å². The number of nitro groups is 1. The van der Waals surface area contributed by atoms with Gasteiger partial charge in [-0.15, -0.1) is 0 Å². The van der Waals surface area contributed by atoms with Gasteiger partial charge in [-0.3, -0.25) is 10.1 Å². The summed E-state index contributed by atoms with van der Waals surface area (Å²) in [6, 6.07) is 14.2. The van der Waals surface area contributed by atoms with Crippen molar-refractivity contribution in [1.82, 2.24) is 4.31 Å². The van der Waals surface area contributed by atoms with Crippen LogP contribution in [-0.4, -0.2) is 30.7 Å². The largest absolute Gasteiger partial charge is 0.270 e. The molecule has 1 fully saturated rings. The molecule has 3 rings (SSSR count). The zero-order chi connectivity index (χ0) is 18.7. The first-order valence-corrected chi connectivity index (χ1v) is 10.1. The quantitative estimate of drug-likeness (QED) is 0.592. The summed E-state index contributed by atoms with van der Waals surface area (Å²) in [5.41, 5.74) is 1.60. The lowest BCUT2D eigenvalue weighted by Gasteiger charge is -2.31. The number of benzene rings is 2. The molecule has 0 spiro atoms. The third kappa shape index (κ3) is 3.94. The SMILES string of the molecule is Cc1ccc([N+](=O)[O-])cc1S(=O)(=O)N1CCC(Cc2ccccc2)CC1. The molecule has 0 atom stereocenters. The third-order valence-corrected chi connectivity index (χ3v) is 6.98. The molecular weight excluding hydrogens is 352 g/mol. The fourth-order valence-corrected chi connectivity index (χ4v) is 5.13. The molecule has 0 saturated carbocycles. The van der Waals surface area contributed by atoms with E-state index in [1.165, 1.54) is 28.1 Å². The van der Waals surface area contributed by atoms with Crippen molar-refractivity contribution in [1.29, 1.82) is 0 Å². The van der Waals surface area contributed by atoms with Gasteiger partial charge in [0.1, 0.15) is 0 Å². The molecule has 1 heterocycles. The molecule has 6 nitrogen and oxygen atoms in total. The number of aryl methyl sites for hydroxylation is 1. The minimum atomic E-state index is -3.72. The molecule has 26 heavy (non-hydrogen) atoms. The van der Waals surface area contributed by atoms with E-state index in [1.54, 1.807) is 6.92 Å². The summed E-state index contributed by atoms with van der Waals surface area (Å²) in [5.74, 6) is 0.454. The van der Waals surface area contributed by atoms with E-state index in [0.29, 0.717) is 24.6 Å². The second-order valence-corrected chi connectivity index (χ2v) is 8.65. The van der Waals surface area contributed by atoms with E-state index in [9.17, 15) is 18.5 Å². The molecule has 0 bridgehead atoms. The van der Waals surface area contributed by atoms with E-state index in [4.69, 9.17) is 0 Å². The van der Waals surface area contributed by atoms with Crippen LogP contribution in [0.25, 0.3) is 0 Å². The first-order valence-electron chi connectivity index (χ1n) is 8.67. The molecule has 0 unspecified atom stereocenters. The highest BCUT2D eigenvalue weighted by Crippen LogP contribution is 2.29. The smallest absolute Gasteiger partial charge is 0.258 e. The van der Waals surface area contributed by atoms with Gasteiger partial charge in [0.25, 0.3) is 5.69 Å². The zero-order valence-electron chi connectivity index (χ0n) is 14.7. The van der Waals surface area contributed by atoms with Gasteiger partial charge in [-0.1, -0.05) is 36.4 Å². The van der Waals surface area contributed by atoms with Crippen LogP contribution in [0.5, 0.6) is 0 Å². The summed E-state index contributed by atoms with van der Waals surface area (Å²) in [7, 11) is -3.72. The van der Waals surface area contributed by atoms with Crippen molar-refractivity contribution >= 4 is 15.7 Å². The maximum Gasteiger partial charge on any atom is 0.270 e. The second kappa shape index (κ2) is 7.55. The fourth-order valence-electron chi connectivity index (χ4n) is 3.42. The van der Waals surface area contributed by atoms with Crippen molar-refractivity contribution in [3.63, 3.8) is 0 Å². The number of sulfonamides is 1. The molecule has 138 valence electrons. The normalized spacial score (nSPS) is 16.5. The van der Waals surface area contributed by atoms with Gasteiger partial charge in [0.05, 0.1) is 9.82 Å². The van der Waals surface area contributed by atoms with E-state index in [0.717, 1.165) is 19.3 Å². The van der Waals surface area contributed by atoms with Gasteiger partial charge in [0.2, 0.25) is 10.0 Å². The third-order valence-electron chi connectivity index (χ3n) is 4.94. The Morgan fingerprint density at radius 1 is 1.12 bits per heavy atom. The summed E-state index contributed by atoms with van der Waals surface area (Å²) in [6.45, 7) is 2.56.